The van der Waals surface area contributed by atoms with E-state index in [1.807, 2.05) is 44.5 Å². The molecule has 0 saturated heterocycles. The van der Waals surface area contributed by atoms with Crippen molar-refractivity contribution >= 4 is 22.9 Å². The molecular weight excluding hydrogens is 380 g/mol. The molecule has 2 bridgehead atoms. The van der Waals surface area contributed by atoms with Gasteiger partial charge in [0.2, 0.25) is 11.8 Å². The van der Waals surface area contributed by atoms with E-state index in [2.05, 4.69) is 26.4 Å². The van der Waals surface area contributed by atoms with Gasteiger partial charge < -0.3 is 15.2 Å². The minimum absolute atomic E-state index is 0.468. The number of benzene rings is 1. The maximum atomic E-state index is 6.28. The van der Waals surface area contributed by atoms with Gasteiger partial charge in [-0.25, -0.2) is 4.68 Å². The van der Waals surface area contributed by atoms with Crippen LogP contribution in [-0.2, 0) is 11.8 Å². The maximum Gasteiger partial charge on any atom is 0.219 e. The summed E-state index contributed by atoms with van der Waals surface area (Å²) < 4.78 is 13.7. The predicted molar refractivity (Wildman–Crippen MR) is 118 cm³/mol. The standard InChI is InChI=1S/C22H26N6O2/c1-4-18(23)15-7-9-20-16-12-14(6-8-19(16)26-27-20)17-13-25-28(3)22(17)30-11-5-10-29-21(15)24-2/h6-9,12-13H,4-5,10-11,23H2,1-3H3,(H,26,27)/b9-7+,18-15-,24-21?. The minimum atomic E-state index is 0.468. The van der Waals surface area contributed by atoms with E-state index in [0.29, 0.717) is 32.0 Å². The van der Waals surface area contributed by atoms with Crippen LogP contribution in [-0.4, -0.2) is 46.1 Å². The highest BCUT2D eigenvalue weighted by molar-refractivity contribution is 5.99. The summed E-state index contributed by atoms with van der Waals surface area (Å²) in [6, 6.07) is 6.12. The third kappa shape index (κ3) is 3.68. The number of ether oxygens (including phenoxy) is 2. The summed E-state index contributed by atoms with van der Waals surface area (Å²) in [5, 5.41) is 12.9. The molecule has 0 saturated carbocycles. The molecule has 3 heterocycles. The van der Waals surface area contributed by atoms with Crippen molar-refractivity contribution in [2.75, 3.05) is 20.3 Å². The summed E-state index contributed by atoms with van der Waals surface area (Å²) in [5.74, 6) is 1.25. The van der Waals surface area contributed by atoms with Crippen LogP contribution in [0, 0.1) is 0 Å². The van der Waals surface area contributed by atoms with Crippen LogP contribution in [0.2, 0.25) is 0 Å². The molecule has 0 atom stereocenters. The Labute approximate surface area is 175 Å². The van der Waals surface area contributed by atoms with Crippen LogP contribution in [0.1, 0.15) is 25.5 Å². The summed E-state index contributed by atoms with van der Waals surface area (Å²) >= 11 is 0. The monoisotopic (exact) mass is 406 g/mol. The number of aromatic nitrogens is 4. The number of rotatable bonds is 1. The Balaban J connectivity index is 1.86. The molecule has 8 heteroatoms. The summed E-state index contributed by atoms with van der Waals surface area (Å²) in [6.07, 6.45) is 7.12. The molecule has 2 aromatic heterocycles. The molecule has 0 fully saturated rings. The topological polar surface area (TPSA) is 103 Å². The number of aryl methyl sites for hydroxylation is 1. The van der Waals surface area contributed by atoms with Gasteiger partial charge in [0.25, 0.3) is 0 Å². The lowest BCUT2D eigenvalue weighted by Crippen LogP contribution is -2.15. The number of allylic oxidation sites excluding steroid dienone is 1. The molecule has 8 nitrogen and oxygen atoms in total. The molecule has 30 heavy (non-hydrogen) atoms. The van der Waals surface area contributed by atoms with E-state index in [0.717, 1.165) is 44.9 Å². The zero-order valence-electron chi connectivity index (χ0n) is 17.5. The van der Waals surface area contributed by atoms with Gasteiger partial charge in [-0.1, -0.05) is 13.0 Å². The zero-order chi connectivity index (χ0) is 21.1. The Morgan fingerprint density at radius 1 is 1.27 bits per heavy atom. The SMILES string of the molecule is CC/C(N)=C1\C=C\c2[nH]nc3ccc(cc23)-c2cnn(C)c2OCCCOC1=NC. The number of aromatic amines is 1. The van der Waals surface area contributed by atoms with Crippen molar-refractivity contribution in [3.63, 3.8) is 0 Å². The van der Waals surface area contributed by atoms with E-state index >= 15 is 0 Å². The van der Waals surface area contributed by atoms with Gasteiger partial charge in [-0.15, -0.1) is 0 Å². The first-order chi connectivity index (χ1) is 14.6. The third-order valence-corrected chi connectivity index (χ3v) is 5.12. The third-order valence-electron chi connectivity index (χ3n) is 5.12. The van der Waals surface area contributed by atoms with E-state index in [1.165, 1.54) is 0 Å². The van der Waals surface area contributed by atoms with Crippen molar-refractivity contribution in [1.29, 1.82) is 0 Å². The van der Waals surface area contributed by atoms with Crippen molar-refractivity contribution in [3.8, 4) is 17.0 Å². The Morgan fingerprint density at radius 3 is 2.90 bits per heavy atom. The number of H-pyrrole nitrogens is 1. The Kier molecular flexibility index (Phi) is 5.56. The number of hydrogen-bond donors (Lipinski definition) is 2. The highest BCUT2D eigenvalue weighted by Crippen LogP contribution is 2.32. The summed E-state index contributed by atoms with van der Waals surface area (Å²) in [6.45, 7) is 2.98. The number of nitrogens with zero attached hydrogens (tertiary/aromatic N) is 4. The van der Waals surface area contributed by atoms with Gasteiger partial charge in [-0.05, 0) is 36.3 Å². The van der Waals surface area contributed by atoms with Crippen LogP contribution in [0.4, 0.5) is 0 Å². The van der Waals surface area contributed by atoms with E-state index in [1.54, 1.807) is 11.7 Å². The predicted octanol–water partition coefficient (Wildman–Crippen LogP) is 3.43. The van der Waals surface area contributed by atoms with Gasteiger partial charge in [0.15, 0.2) is 0 Å². The van der Waals surface area contributed by atoms with Crippen molar-refractivity contribution < 1.29 is 9.47 Å². The van der Waals surface area contributed by atoms with Gasteiger partial charge in [0, 0.05) is 31.6 Å². The zero-order valence-corrected chi connectivity index (χ0v) is 17.5. The lowest BCUT2D eigenvalue weighted by molar-refractivity contribution is 0.230. The number of fused-ring (bicyclic) bond motifs is 3. The molecule has 1 aromatic carbocycles. The fourth-order valence-corrected chi connectivity index (χ4v) is 3.45. The van der Waals surface area contributed by atoms with E-state index in [-0.39, 0.29) is 0 Å². The average molecular weight is 406 g/mol. The van der Waals surface area contributed by atoms with Crippen LogP contribution < -0.4 is 10.5 Å². The van der Waals surface area contributed by atoms with Gasteiger partial charge in [-0.3, -0.25) is 10.1 Å². The molecule has 3 aromatic rings. The van der Waals surface area contributed by atoms with Crippen molar-refractivity contribution in [2.45, 2.75) is 19.8 Å². The van der Waals surface area contributed by atoms with Crippen LogP contribution in [0.25, 0.3) is 28.1 Å². The molecule has 0 amide bonds. The van der Waals surface area contributed by atoms with Crippen molar-refractivity contribution in [3.05, 3.63) is 47.4 Å². The molecule has 0 radical (unpaired) electrons. The smallest absolute Gasteiger partial charge is 0.219 e. The Bertz CT molecular complexity index is 1150. The fourth-order valence-electron chi connectivity index (χ4n) is 3.45. The quantitative estimate of drug-likeness (QED) is 0.644. The van der Waals surface area contributed by atoms with Crippen molar-refractivity contribution in [2.24, 2.45) is 17.8 Å². The van der Waals surface area contributed by atoms with E-state index < -0.39 is 0 Å². The highest BCUT2D eigenvalue weighted by atomic mass is 16.5. The van der Waals surface area contributed by atoms with Gasteiger partial charge in [0.1, 0.15) is 0 Å². The van der Waals surface area contributed by atoms with Crippen molar-refractivity contribution in [1.82, 2.24) is 20.0 Å². The molecule has 4 rings (SSSR count). The molecule has 3 N–H and O–H groups in total. The number of aliphatic imine (C=N–C) groups is 1. The molecule has 0 unspecified atom stereocenters. The highest BCUT2D eigenvalue weighted by Gasteiger charge is 2.16. The molecule has 0 aliphatic carbocycles. The summed E-state index contributed by atoms with van der Waals surface area (Å²) in [7, 11) is 3.58. The Morgan fingerprint density at radius 2 is 2.10 bits per heavy atom. The van der Waals surface area contributed by atoms with E-state index in [4.69, 9.17) is 15.2 Å². The largest absolute Gasteiger partial charge is 0.477 e. The fraction of sp³-hybridized carbons (Fsp3) is 0.318. The maximum absolute atomic E-state index is 6.28. The minimum Gasteiger partial charge on any atom is -0.477 e. The lowest BCUT2D eigenvalue weighted by Gasteiger charge is -2.13. The molecule has 0 spiro atoms. The first-order valence-corrected chi connectivity index (χ1v) is 10.0. The van der Waals surface area contributed by atoms with Crippen LogP contribution >= 0.6 is 0 Å². The molecule has 1 aliphatic heterocycles. The molecule has 156 valence electrons. The van der Waals surface area contributed by atoms with Crippen LogP contribution in [0.5, 0.6) is 5.88 Å². The molecular formula is C22H26N6O2. The van der Waals surface area contributed by atoms with Gasteiger partial charge in [0.05, 0.1) is 41.8 Å². The second-order valence-electron chi connectivity index (χ2n) is 7.06. The number of nitrogens with two attached hydrogens (primary N) is 1. The molecule has 1 aliphatic rings. The second kappa shape index (κ2) is 8.44. The Hall–Kier alpha value is -3.55. The number of nitrogens with one attached hydrogen (secondary N) is 1. The summed E-state index contributed by atoms with van der Waals surface area (Å²) in [4.78, 5) is 4.31. The van der Waals surface area contributed by atoms with Gasteiger partial charge >= 0.3 is 0 Å². The second-order valence-corrected chi connectivity index (χ2v) is 7.06. The van der Waals surface area contributed by atoms with E-state index in [9.17, 15) is 0 Å². The van der Waals surface area contributed by atoms with Gasteiger partial charge in [-0.2, -0.15) is 10.2 Å². The first kappa shape index (κ1) is 19.8. The summed E-state index contributed by atoms with van der Waals surface area (Å²) in [5.41, 5.74) is 11.5. The normalized spacial score (nSPS) is 19.0. The average Bonchev–Trinajstić information content (AvgIpc) is 3.34. The van der Waals surface area contributed by atoms with Crippen LogP contribution in [0.15, 0.2) is 46.7 Å². The number of hydrogen-bond acceptors (Lipinski definition) is 6. The lowest BCUT2D eigenvalue weighted by atomic mass is 10.0. The van der Waals surface area contributed by atoms with Crippen LogP contribution in [0.3, 0.4) is 0 Å². The first-order valence-electron chi connectivity index (χ1n) is 10.0.